The van der Waals surface area contributed by atoms with Crippen molar-refractivity contribution in [3.8, 4) is 5.75 Å². The van der Waals surface area contributed by atoms with Gasteiger partial charge in [0.25, 0.3) is 0 Å². The quantitative estimate of drug-likeness (QED) is 0.575. The predicted octanol–water partition coefficient (Wildman–Crippen LogP) is 1.06. The molecule has 2 unspecified atom stereocenters. The van der Waals surface area contributed by atoms with Crippen LogP contribution in [0.4, 0.5) is 10.5 Å². The molecule has 1 fully saturated rings. The third-order valence-electron chi connectivity index (χ3n) is 3.29. The number of rotatable bonds is 1. The van der Waals surface area contributed by atoms with Crippen molar-refractivity contribution in [1.82, 2.24) is 5.01 Å². The fourth-order valence-corrected chi connectivity index (χ4v) is 1.87. The lowest BCUT2D eigenvalue weighted by Crippen LogP contribution is -2.63. The van der Waals surface area contributed by atoms with E-state index in [9.17, 15) is 14.7 Å². The maximum Gasteiger partial charge on any atom is 0.345 e. The van der Waals surface area contributed by atoms with Crippen molar-refractivity contribution >= 4 is 17.6 Å². The number of anilines is 1. The largest absolute Gasteiger partial charge is 0.508 e. The van der Waals surface area contributed by atoms with E-state index in [0.29, 0.717) is 5.69 Å². The van der Waals surface area contributed by atoms with Gasteiger partial charge < -0.3 is 5.11 Å². The van der Waals surface area contributed by atoms with Gasteiger partial charge in [0.15, 0.2) is 0 Å². The highest BCUT2D eigenvalue weighted by atomic mass is 16.3. The van der Waals surface area contributed by atoms with Crippen molar-refractivity contribution in [1.29, 1.82) is 0 Å². The van der Waals surface area contributed by atoms with Crippen molar-refractivity contribution in [2.24, 2.45) is 11.8 Å². The number of aromatic hydroxyl groups is 1. The summed E-state index contributed by atoms with van der Waals surface area (Å²) in [7, 11) is 0. The van der Waals surface area contributed by atoms with Crippen LogP contribution in [0.2, 0.25) is 0 Å². The highest BCUT2D eigenvalue weighted by Crippen LogP contribution is 2.27. The molecule has 1 aliphatic rings. The van der Waals surface area contributed by atoms with Crippen LogP contribution in [0.1, 0.15) is 13.8 Å². The number of urea groups is 1. The van der Waals surface area contributed by atoms with Gasteiger partial charge in [0.1, 0.15) is 5.75 Å². The number of phenols is 1. The van der Waals surface area contributed by atoms with Crippen LogP contribution in [0.15, 0.2) is 24.3 Å². The summed E-state index contributed by atoms with van der Waals surface area (Å²) in [5.74, 6) is 5.08. The molecule has 0 aromatic heterocycles. The SMILES string of the molecule is CC1C(=O)N(c2ccc(O)cc2)C(=O)N(N)C1C. The zero-order chi connectivity index (χ0) is 13.4. The van der Waals surface area contributed by atoms with Gasteiger partial charge in [-0.2, -0.15) is 0 Å². The fourth-order valence-electron chi connectivity index (χ4n) is 1.87. The molecule has 1 aromatic carbocycles. The van der Waals surface area contributed by atoms with Crippen LogP contribution in [-0.4, -0.2) is 28.1 Å². The molecule has 18 heavy (non-hydrogen) atoms. The number of benzene rings is 1. The number of carbonyl (C=O) groups excluding carboxylic acids is 2. The Bertz CT molecular complexity index is 464. The smallest absolute Gasteiger partial charge is 0.345 e. The number of hydrazine groups is 1. The first-order valence-electron chi connectivity index (χ1n) is 5.64. The number of imide groups is 1. The molecule has 0 radical (unpaired) electrons. The second-order valence-corrected chi connectivity index (χ2v) is 4.41. The molecule has 2 atom stereocenters. The molecular formula is C12H15N3O3. The zero-order valence-electron chi connectivity index (χ0n) is 10.2. The van der Waals surface area contributed by atoms with E-state index in [0.717, 1.165) is 9.91 Å². The first-order chi connectivity index (χ1) is 8.43. The summed E-state index contributed by atoms with van der Waals surface area (Å²) in [4.78, 5) is 25.2. The Morgan fingerprint density at radius 3 is 2.28 bits per heavy atom. The maximum atomic E-state index is 12.1. The molecule has 0 spiro atoms. The molecule has 1 heterocycles. The van der Waals surface area contributed by atoms with Crippen LogP contribution in [0.5, 0.6) is 5.75 Å². The van der Waals surface area contributed by atoms with E-state index in [1.54, 1.807) is 13.8 Å². The summed E-state index contributed by atoms with van der Waals surface area (Å²) >= 11 is 0. The van der Waals surface area contributed by atoms with Crippen molar-refractivity contribution in [3.63, 3.8) is 0 Å². The van der Waals surface area contributed by atoms with Gasteiger partial charge in [-0.25, -0.2) is 15.5 Å². The first-order valence-corrected chi connectivity index (χ1v) is 5.64. The minimum Gasteiger partial charge on any atom is -0.508 e. The lowest BCUT2D eigenvalue weighted by atomic mass is 9.99. The lowest BCUT2D eigenvalue weighted by Gasteiger charge is -2.39. The predicted molar refractivity (Wildman–Crippen MR) is 65.6 cm³/mol. The molecule has 3 N–H and O–H groups in total. The average Bonchev–Trinajstić information content (AvgIpc) is 2.36. The number of nitrogens with two attached hydrogens (primary N) is 1. The number of carbonyl (C=O) groups is 2. The van der Waals surface area contributed by atoms with Gasteiger partial charge in [-0.3, -0.25) is 9.80 Å². The third kappa shape index (κ3) is 1.80. The van der Waals surface area contributed by atoms with E-state index in [1.807, 2.05) is 0 Å². The topological polar surface area (TPSA) is 86.9 Å². The second kappa shape index (κ2) is 4.30. The minimum absolute atomic E-state index is 0.0710. The van der Waals surface area contributed by atoms with E-state index in [-0.39, 0.29) is 23.6 Å². The van der Waals surface area contributed by atoms with Crippen molar-refractivity contribution in [2.45, 2.75) is 19.9 Å². The molecule has 0 saturated carbocycles. The van der Waals surface area contributed by atoms with Crippen LogP contribution in [-0.2, 0) is 4.79 Å². The number of hydrogen-bond acceptors (Lipinski definition) is 4. The summed E-state index contributed by atoms with van der Waals surface area (Å²) in [5.41, 5.74) is 0.400. The van der Waals surface area contributed by atoms with E-state index in [4.69, 9.17) is 5.84 Å². The Morgan fingerprint density at radius 2 is 1.72 bits per heavy atom. The number of nitrogens with zero attached hydrogens (tertiary/aromatic N) is 2. The standard InChI is InChI=1S/C12H15N3O3/c1-7-8(2)15(13)12(18)14(11(7)17)9-3-5-10(16)6-4-9/h3-8,16H,13H2,1-2H3. The summed E-state index contributed by atoms with van der Waals surface area (Å²) < 4.78 is 0. The van der Waals surface area contributed by atoms with Gasteiger partial charge in [0.2, 0.25) is 5.91 Å². The minimum atomic E-state index is -0.559. The third-order valence-corrected chi connectivity index (χ3v) is 3.29. The highest BCUT2D eigenvalue weighted by Gasteiger charge is 2.41. The molecule has 0 aliphatic carbocycles. The van der Waals surface area contributed by atoms with Crippen LogP contribution in [0.25, 0.3) is 0 Å². The monoisotopic (exact) mass is 249 g/mol. The molecule has 1 aliphatic heterocycles. The average molecular weight is 249 g/mol. The summed E-state index contributed by atoms with van der Waals surface area (Å²) in [5, 5.41) is 10.3. The van der Waals surface area contributed by atoms with Crippen LogP contribution < -0.4 is 10.7 Å². The van der Waals surface area contributed by atoms with Gasteiger partial charge in [0, 0.05) is 0 Å². The fraction of sp³-hybridized carbons (Fsp3) is 0.333. The van der Waals surface area contributed by atoms with Gasteiger partial charge in [-0.1, -0.05) is 6.92 Å². The number of phenolic OH excluding ortho intramolecular Hbond substituents is 1. The van der Waals surface area contributed by atoms with Gasteiger partial charge >= 0.3 is 6.03 Å². The summed E-state index contributed by atoms with van der Waals surface area (Å²) in [6.45, 7) is 3.46. The van der Waals surface area contributed by atoms with Crippen LogP contribution >= 0.6 is 0 Å². The Hall–Kier alpha value is -2.08. The zero-order valence-corrected chi connectivity index (χ0v) is 10.2. The highest BCUT2D eigenvalue weighted by molar-refractivity contribution is 6.16. The van der Waals surface area contributed by atoms with Crippen LogP contribution in [0, 0.1) is 5.92 Å². The van der Waals surface area contributed by atoms with Crippen molar-refractivity contribution in [2.75, 3.05) is 4.90 Å². The molecule has 0 bridgehead atoms. The van der Waals surface area contributed by atoms with E-state index < -0.39 is 6.03 Å². The summed E-state index contributed by atoms with van der Waals surface area (Å²) in [6, 6.07) is 4.94. The lowest BCUT2D eigenvalue weighted by molar-refractivity contribution is -0.124. The maximum absolute atomic E-state index is 12.1. The molecular weight excluding hydrogens is 234 g/mol. The first kappa shape index (κ1) is 12.4. The molecule has 6 nitrogen and oxygen atoms in total. The van der Waals surface area contributed by atoms with Crippen LogP contribution in [0.3, 0.4) is 0 Å². The van der Waals surface area contributed by atoms with E-state index in [1.165, 1.54) is 24.3 Å². The molecule has 1 aromatic rings. The second-order valence-electron chi connectivity index (χ2n) is 4.41. The normalized spacial score (nSPS) is 24.6. The Balaban J connectivity index is 2.39. The molecule has 96 valence electrons. The van der Waals surface area contributed by atoms with E-state index >= 15 is 0 Å². The molecule has 2 rings (SSSR count). The molecule has 6 heteroatoms. The van der Waals surface area contributed by atoms with Gasteiger partial charge in [-0.05, 0) is 31.2 Å². The Labute approximate surface area is 105 Å². The van der Waals surface area contributed by atoms with Crippen molar-refractivity contribution in [3.05, 3.63) is 24.3 Å². The number of amides is 3. The van der Waals surface area contributed by atoms with Gasteiger partial charge in [0.05, 0.1) is 17.6 Å². The Kier molecular flexibility index (Phi) is 2.96. The number of hydrogen-bond donors (Lipinski definition) is 2. The van der Waals surface area contributed by atoms with E-state index in [2.05, 4.69) is 0 Å². The molecule has 1 saturated heterocycles. The van der Waals surface area contributed by atoms with Crippen molar-refractivity contribution < 1.29 is 14.7 Å². The molecule has 3 amide bonds. The Morgan fingerprint density at radius 1 is 1.17 bits per heavy atom. The van der Waals surface area contributed by atoms with Gasteiger partial charge in [-0.15, -0.1) is 0 Å². The summed E-state index contributed by atoms with van der Waals surface area (Å²) in [6.07, 6.45) is 0.